The molecule has 0 atom stereocenters. The minimum Gasteiger partial charge on any atom is -0.476 e. The summed E-state index contributed by atoms with van der Waals surface area (Å²) in [6, 6.07) is 8.36. The van der Waals surface area contributed by atoms with Crippen molar-refractivity contribution in [1.82, 2.24) is 4.98 Å². The van der Waals surface area contributed by atoms with Crippen LogP contribution in [0.3, 0.4) is 0 Å². The molecular formula is C11H8N2O3. The number of pyridine rings is 1. The van der Waals surface area contributed by atoms with Crippen molar-refractivity contribution < 1.29 is 14.7 Å². The van der Waals surface area contributed by atoms with Crippen LogP contribution in [0.2, 0.25) is 0 Å². The first kappa shape index (κ1) is 10.1. The average Bonchev–Trinajstić information content (AvgIpc) is 2.27. The van der Waals surface area contributed by atoms with Gasteiger partial charge in [0.1, 0.15) is 0 Å². The number of rotatable bonds is 2. The Kier molecular flexibility index (Phi) is 2.28. The van der Waals surface area contributed by atoms with Gasteiger partial charge in [0.15, 0.2) is 5.69 Å². The summed E-state index contributed by atoms with van der Waals surface area (Å²) >= 11 is 0. The number of amides is 1. The number of carboxylic acid groups (broad SMARTS) is 1. The third kappa shape index (κ3) is 1.58. The molecule has 0 unspecified atom stereocenters. The zero-order chi connectivity index (χ0) is 11.7. The molecular weight excluding hydrogens is 208 g/mol. The summed E-state index contributed by atoms with van der Waals surface area (Å²) < 4.78 is 0. The minimum absolute atomic E-state index is 0.0776. The lowest BCUT2D eigenvalue weighted by atomic mass is 10.1. The highest BCUT2D eigenvalue weighted by Gasteiger charge is 2.16. The van der Waals surface area contributed by atoms with E-state index in [1.807, 2.05) is 0 Å². The minimum atomic E-state index is -1.26. The van der Waals surface area contributed by atoms with Gasteiger partial charge in [-0.2, -0.15) is 0 Å². The molecule has 16 heavy (non-hydrogen) atoms. The fourth-order valence-corrected chi connectivity index (χ4v) is 1.47. The topological polar surface area (TPSA) is 93.3 Å². The summed E-state index contributed by atoms with van der Waals surface area (Å²) in [4.78, 5) is 25.9. The van der Waals surface area contributed by atoms with E-state index in [9.17, 15) is 9.59 Å². The van der Waals surface area contributed by atoms with E-state index in [4.69, 9.17) is 10.8 Å². The Morgan fingerprint density at radius 3 is 2.56 bits per heavy atom. The number of carboxylic acids is 1. The number of aromatic nitrogens is 1. The zero-order valence-corrected chi connectivity index (χ0v) is 8.18. The van der Waals surface area contributed by atoms with Crippen molar-refractivity contribution in [3.05, 3.63) is 41.6 Å². The van der Waals surface area contributed by atoms with Crippen molar-refractivity contribution in [2.75, 3.05) is 0 Å². The molecule has 0 aliphatic carbocycles. The van der Waals surface area contributed by atoms with Crippen molar-refractivity contribution in [1.29, 1.82) is 0 Å². The molecule has 1 heterocycles. The van der Waals surface area contributed by atoms with Crippen LogP contribution in [-0.2, 0) is 0 Å². The Morgan fingerprint density at radius 1 is 1.25 bits per heavy atom. The van der Waals surface area contributed by atoms with E-state index in [2.05, 4.69) is 4.98 Å². The SMILES string of the molecule is NC(=O)c1cc2ccccc2nc1C(=O)O. The zero-order valence-electron chi connectivity index (χ0n) is 8.18. The molecule has 0 aliphatic heterocycles. The van der Waals surface area contributed by atoms with Crippen molar-refractivity contribution in [3.63, 3.8) is 0 Å². The average molecular weight is 216 g/mol. The molecule has 5 nitrogen and oxygen atoms in total. The Morgan fingerprint density at radius 2 is 1.94 bits per heavy atom. The molecule has 0 radical (unpaired) electrons. The van der Waals surface area contributed by atoms with E-state index in [-0.39, 0.29) is 11.3 Å². The van der Waals surface area contributed by atoms with E-state index in [0.717, 1.165) is 0 Å². The van der Waals surface area contributed by atoms with Gasteiger partial charge in [0, 0.05) is 5.39 Å². The van der Waals surface area contributed by atoms with Gasteiger partial charge in [-0.15, -0.1) is 0 Å². The monoisotopic (exact) mass is 216 g/mol. The number of hydrogen-bond donors (Lipinski definition) is 2. The standard InChI is InChI=1S/C11H8N2O3/c12-10(14)7-5-6-3-1-2-4-8(6)13-9(7)11(15)16/h1-5H,(H2,12,14)(H,15,16). The van der Waals surface area contributed by atoms with Gasteiger partial charge in [0.25, 0.3) is 5.91 Å². The molecule has 3 N–H and O–H groups in total. The first-order valence-corrected chi connectivity index (χ1v) is 4.52. The fourth-order valence-electron chi connectivity index (χ4n) is 1.47. The van der Waals surface area contributed by atoms with Crippen molar-refractivity contribution in [3.8, 4) is 0 Å². The number of hydrogen-bond acceptors (Lipinski definition) is 3. The van der Waals surface area contributed by atoms with Crippen LogP contribution in [-0.4, -0.2) is 22.0 Å². The van der Waals surface area contributed by atoms with Gasteiger partial charge in [-0.1, -0.05) is 18.2 Å². The quantitative estimate of drug-likeness (QED) is 0.784. The Labute approximate surface area is 90.5 Å². The number of nitrogens with zero attached hydrogens (tertiary/aromatic N) is 1. The molecule has 2 rings (SSSR count). The molecule has 0 bridgehead atoms. The van der Waals surface area contributed by atoms with Gasteiger partial charge < -0.3 is 10.8 Å². The highest BCUT2D eigenvalue weighted by Crippen LogP contribution is 2.16. The number of para-hydroxylation sites is 1. The maximum absolute atomic E-state index is 11.1. The van der Waals surface area contributed by atoms with Crippen LogP contribution in [0.4, 0.5) is 0 Å². The smallest absolute Gasteiger partial charge is 0.355 e. The molecule has 0 fully saturated rings. The first-order chi connectivity index (χ1) is 7.59. The molecule has 0 spiro atoms. The maximum Gasteiger partial charge on any atom is 0.355 e. The van der Waals surface area contributed by atoms with E-state index in [1.165, 1.54) is 6.07 Å². The lowest BCUT2D eigenvalue weighted by Gasteiger charge is -2.03. The molecule has 1 amide bonds. The van der Waals surface area contributed by atoms with Gasteiger partial charge in [-0.3, -0.25) is 4.79 Å². The predicted octanol–water partition coefficient (Wildman–Crippen LogP) is 1.03. The summed E-state index contributed by atoms with van der Waals surface area (Å²) in [6.45, 7) is 0. The number of nitrogens with two attached hydrogens (primary N) is 1. The van der Waals surface area contributed by atoms with Gasteiger partial charge in [-0.25, -0.2) is 9.78 Å². The maximum atomic E-state index is 11.1. The van der Waals surface area contributed by atoms with E-state index in [1.54, 1.807) is 24.3 Å². The van der Waals surface area contributed by atoms with Crippen molar-refractivity contribution >= 4 is 22.8 Å². The van der Waals surface area contributed by atoms with Gasteiger partial charge in [0.05, 0.1) is 11.1 Å². The molecule has 2 aromatic rings. The molecule has 5 heteroatoms. The van der Waals surface area contributed by atoms with E-state index in [0.29, 0.717) is 10.9 Å². The van der Waals surface area contributed by atoms with Gasteiger partial charge in [-0.05, 0) is 12.1 Å². The second kappa shape index (κ2) is 3.62. The lowest BCUT2D eigenvalue weighted by molar-refractivity contribution is 0.0686. The number of aromatic carboxylic acids is 1. The van der Waals surface area contributed by atoms with Crippen LogP contribution in [0.25, 0.3) is 10.9 Å². The molecule has 0 saturated heterocycles. The second-order valence-corrected chi connectivity index (χ2v) is 3.25. The van der Waals surface area contributed by atoms with Crippen molar-refractivity contribution in [2.24, 2.45) is 5.73 Å². The molecule has 0 aliphatic rings. The van der Waals surface area contributed by atoms with Crippen LogP contribution in [0.15, 0.2) is 30.3 Å². The van der Waals surface area contributed by atoms with Crippen LogP contribution in [0.1, 0.15) is 20.8 Å². The summed E-state index contributed by atoms with van der Waals surface area (Å²) in [5.74, 6) is -2.06. The molecule has 1 aromatic heterocycles. The van der Waals surface area contributed by atoms with E-state index >= 15 is 0 Å². The summed E-state index contributed by atoms with van der Waals surface area (Å²) in [7, 11) is 0. The second-order valence-electron chi connectivity index (χ2n) is 3.25. The molecule has 80 valence electrons. The normalized spacial score (nSPS) is 10.2. The highest BCUT2D eigenvalue weighted by molar-refractivity contribution is 6.05. The fraction of sp³-hybridized carbons (Fsp3) is 0. The highest BCUT2D eigenvalue weighted by atomic mass is 16.4. The van der Waals surface area contributed by atoms with Gasteiger partial charge >= 0.3 is 5.97 Å². The van der Waals surface area contributed by atoms with Crippen LogP contribution in [0, 0.1) is 0 Å². The summed E-state index contributed by atoms with van der Waals surface area (Å²) in [5, 5.41) is 9.59. The summed E-state index contributed by atoms with van der Waals surface area (Å²) in [5.41, 5.74) is 5.23. The Balaban J connectivity index is 2.81. The largest absolute Gasteiger partial charge is 0.476 e. The summed E-state index contributed by atoms with van der Waals surface area (Å²) in [6.07, 6.45) is 0. The third-order valence-electron chi connectivity index (χ3n) is 2.19. The number of benzene rings is 1. The van der Waals surface area contributed by atoms with Crippen LogP contribution < -0.4 is 5.73 Å². The number of carbonyl (C=O) groups excluding carboxylic acids is 1. The third-order valence-corrected chi connectivity index (χ3v) is 2.19. The number of carbonyl (C=O) groups is 2. The van der Waals surface area contributed by atoms with Crippen LogP contribution in [0.5, 0.6) is 0 Å². The molecule has 1 aromatic carbocycles. The van der Waals surface area contributed by atoms with Crippen molar-refractivity contribution in [2.45, 2.75) is 0 Å². The Hall–Kier alpha value is -2.43. The number of primary amides is 1. The van der Waals surface area contributed by atoms with Crippen LogP contribution >= 0.6 is 0 Å². The van der Waals surface area contributed by atoms with E-state index < -0.39 is 11.9 Å². The molecule has 0 saturated carbocycles. The Bertz CT molecular complexity index is 540. The lowest BCUT2D eigenvalue weighted by Crippen LogP contribution is -2.17. The number of fused-ring (bicyclic) bond motifs is 1. The first-order valence-electron chi connectivity index (χ1n) is 4.52. The predicted molar refractivity (Wildman–Crippen MR) is 57.2 cm³/mol. The van der Waals surface area contributed by atoms with Gasteiger partial charge in [0.2, 0.25) is 0 Å².